The molecule has 4 nitrogen and oxygen atoms in total. The van der Waals surface area contributed by atoms with E-state index in [4.69, 9.17) is 4.74 Å². The predicted octanol–water partition coefficient (Wildman–Crippen LogP) is 2.97. The first kappa shape index (κ1) is 15.8. The van der Waals surface area contributed by atoms with E-state index in [1.807, 2.05) is 6.92 Å². The Morgan fingerprint density at radius 1 is 1.43 bits per heavy atom. The van der Waals surface area contributed by atoms with Crippen LogP contribution in [-0.2, 0) is 4.74 Å². The van der Waals surface area contributed by atoms with E-state index in [9.17, 15) is 4.79 Å². The van der Waals surface area contributed by atoms with Crippen LogP contribution in [0.25, 0.3) is 0 Å². The Labute approximate surface area is 127 Å². The van der Waals surface area contributed by atoms with Crippen LogP contribution in [0.5, 0.6) is 0 Å². The second kappa shape index (κ2) is 7.46. The maximum atomic E-state index is 11.9. The maximum Gasteiger partial charge on any atom is 0.315 e. The van der Waals surface area contributed by atoms with Gasteiger partial charge in [0.05, 0.1) is 6.10 Å². The first-order valence-electron chi connectivity index (χ1n) is 7.81. The van der Waals surface area contributed by atoms with Gasteiger partial charge in [0.2, 0.25) is 0 Å². The molecule has 21 heavy (non-hydrogen) atoms. The SMILES string of the molecule is CCOC1CC(NC(=O)NCC(C)c2cccc(C)c2)C1. The minimum absolute atomic E-state index is 0.0746. The molecule has 2 N–H and O–H groups in total. The lowest BCUT2D eigenvalue weighted by Crippen LogP contribution is -2.51. The van der Waals surface area contributed by atoms with Crippen LogP contribution < -0.4 is 10.6 Å². The highest BCUT2D eigenvalue weighted by molar-refractivity contribution is 5.74. The molecule has 1 aromatic carbocycles. The molecule has 1 unspecified atom stereocenters. The van der Waals surface area contributed by atoms with Gasteiger partial charge in [-0.3, -0.25) is 0 Å². The van der Waals surface area contributed by atoms with Gasteiger partial charge in [-0.25, -0.2) is 4.79 Å². The van der Waals surface area contributed by atoms with Crippen molar-refractivity contribution >= 4 is 6.03 Å². The Kier molecular flexibility index (Phi) is 5.62. The summed E-state index contributed by atoms with van der Waals surface area (Å²) in [5.74, 6) is 0.313. The number of rotatable bonds is 6. The number of carbonyl (C=O) groups is 1. The van der Waals surface area contributed by atoms with Gasteiger partial charge in [-0.15, -0.1) is 0 Å². The molecule has 4 heteroatoms. The highest BCUT2D eigenvalue weighted by Crippen LogP contribution is 2.23. The summed E-state index contributed by atoms with van der Waals surface area (Å²) in [5, 5.41) is 5.95. The second-order valence-electron chi connectivity index (χ2n) is 5.92. The lowest BCUT2D eigenvalue weighted by atomic mass is 9.89. The summed E-state index contributed by atoms with van der Waals surface area (Å²) in [4.78, 5) is 11.9. The summed E-state index contributed by atoms with van der Waals surface area (Å²) in [6, 6.07) is 8.61. The monoisotopic (exact) mass is 290 g/mol. The van der Waals surface area contributed by atoms with Gasteiger partial charge in [0.1, 0.15) is 0 Å². The Morgan fingerprint density at radius 2 is 2.19 bits per heavy atom. The minimum Gasteiger partial charge on any atom is -0.378 e. The molecule has 0 aliphatic heterocycles. The van der Waals surface area contributed by atoms with Gasteiger partial charge >= 0.3 is 6.03 Å². The van der Waals surface area contributed by atoms with E-state index in [1.54, 1.807) is 0 Å². The van der Waals surface area contributed by atoms with Gasteiger partial charge in [0.25, 0.3) is 0 Å². The zero-order chi connectivity index (χ0) is 15.2. The summed E-state index contributed by atoms with van der Waals surface area (Å²) in [6.07, 6.45) is 2.18. The highest BCUT2D eigenvalue weighted by atomic mass is 16.5. The lowest BCUT2D eigenvalue weighted by Gasteiger charge is -2.35. The van der Waals surface area contributed by atoms with Crippen LogP contribution in [0.3, 0.4) is 0 Å². The van der Waals surface area contributed by atoms with E-state index in [-0.39, 0.29) is 12.1 Å². The summed E-state index contributed by atoms with van der Waals surface area (Å²) in [7, 11) is 0. The van der Waals surface area contributed by atoms with Gasteiger partial charge in [-0.1, -0.05) is 36.8 Å². The third-order valence-corrected chi connectivity index (χ3v) is 4.01. The smallest absolute Gasteiger partial charge is 0.315 e. The van der Waals surface area contributed by atoms with Crippen molar-refractivity contribution < 1.29 is 9.53 Å². The molecule has 1 saturated carbocycles. The van der Waals surface area contributed by atoms with Crippen molar-refractivity contribution in [2.24, 2.45) is 0 Å². The Hall–Kier alpha value is -1.55. The van der Waals surface area contributed by atoms with Crippen molar-refractivity contribution in [3.63, 3.8) is 0 Å². The normalized spacial score (nSPS) is 22.2. The molecule has 0 heterocycles. The summed E-state index contributed by atoms with van der Waals surface area (Å²) < 4.78 is 5.49. The number of ether oxygens (including phenoxy) is 1. The zero-order valence-corrected chi connectivity index (χ0v) is 13.2. The number of hydrogen-bond acceptors (Lipinski definition) is 2. The molecule has 0 saturated heterocycles. The molecule has 1 aliphatic carbocycles. The first-order chi connectivity index (χ1) is 10.1. The first-order valence-corrected chi connectivity index (χ1v) is 7.81. The number of aryl methyl sites for hydroxylation is 1. The molecule has 1 aromatic rings. The molecular weight excluding hydrogens is 264 g/mol. The molecule has 0 radical (unpaired) electrons. The average Bonchev–Trinajstić information content (AvgIpc) is 2.42. The fraction of sp³-hybridized carbons (Fsp3) is 0.588. The maximum absolute atomic E-state index is 11.9. The van der Waals surface area contributed by atoms with Crippen molar-refractivity contribution in [3.05, 3.63) is 35.4 Å². The number of urea groups is 1. The molecule has 0 bridgehead atoms. The van der Waals surface area contributed by atoms with Crippen molar-refractivity contribution in [2.45, 2.75) is 51.7 Å². The molecular formula is C17H26N2O2. The van der Waals surface area contributed by atoms with Crippen LogP contribution in [0, 0.1) is 6.92 Å². The van der Waals surface area contributed by atoms with Crippen molar-refractivity contribution in [1.29, 1.82) is 0 Å². The van der Waals surface area contributed by atoms with Gasteiger partial charge in [-0.05, 0) is 38.2 Å². The Balaban J connectivity index is 1.67. The largest absolute Gasteiger partial charge is 0.378 e. The van der Waals surface area contributed by atoms with Crippen LogP contribution in [0.4, 0.5) is 4.79 Å². The molecule has 1 atom stereocenters. The van der Waals surface area contributed by atoms with E-state index in [0.29, 0.717) is 18.6 Å². The fourth-order valence-corrected chi connectivity index (χ4v) is 2.63. The van der Waals surface area contributed by atoms with E-state index in [1.165, 1.54) is 11.1 Å². The number of nitrogens with one attached hydrogen (secondary N) is 2. The van der Waals surface area contributed by atoms with Crippen LogP contribution in [0.15, 0.2) is 24.3 Å². The minimum atomic E-state index is -0.0746. The molecule has 116 valence electrons. The van der Waals surface area contributed by atoms with E-state index in [0.717, 1.165) is 19.4 Å². The van der Waals surface area contributed by atoms with Crippen LogP contribution in [-0.4, -0.2) is 31.3 Å². The quantitative estimate of drug-likeness (QED) is 0.846. The zero-order valence-electron chi connectivity index (χ0n) is 13.2. The molecule has 1 fully saturated rings. The summed E-state index contributed by atoms with van der Waals surface area (Å²) >= 11 is 0. The van der Waals surface area contributed by atoms with Crippen molar-refractivity contribution in [2.75, 3.05) is 13.2 Å². The molecule has 2 amide bonds. The highest BCUT2D eigenvalue weighted by Gasteiger charge is 2.30. The summed E-state index contributed by atoms with van der Waals surface area (Å²) in [6.45, 7) is 7.61. The second-order valence-corrected chi connectivity index (χ2v) is 5.92. The number of hydrogen-bond donors (Lipinski definition) is 2. The number of amides is 2. The standard InChI is InChI=1S/C17H26N2O2/c1-4-21-16-9-15(10-16)19-17(20)18-11-13(3)14-7-5-6-12(2)8-14/h5-8,13,15-16H,4,9-11H2,1-3H3,(H2,18,19,20). The lowest BCUT2D eigenvalue weighted by molar-refractivity contribution is -0.00708. The molecule has 0 aromatic heterocycles. The van der Waals surface area contributed by atoms with Gasteiger partial charge in [0.15, 0.2) is 0 Å². The van der Waals surface area contributed by atoms with Gasteiger partial charge in [-0.2, -0.15) is 0 Å². The number of carbonyl (C=O) groups excluding carboxylic acids is 1. The van der Waals surface area contributed by atoms with Crippen LogP contribution in [0.1, 0.15) is 43.7 Å². The predicted molar refractivity (Wildman–Crippen MR) is 84.6 cm³/mol. The Bertz CT molecular complexity index is 470. The molecule has 1 aliphatic rings. The number of benzene rings is 1. The van der Waals surface area contributed by atoms with Crippen LogP contribution >= 0.6 is 0 Å². The van der Waals surface area contributed by atoms with E-state index in [2.05, 4.69) is 48.7 Å². The topological polar surface area (TPSA) is 50.4 Å². The summed E-state index contributed by atoms with van der Waals surface area (Å²) in [5.41, 5.74) is 2.51. The van der Waals surface area contributed by atoms with Gasteiger partial charge < -0.3 is 15.4 Å². The third-order valence-electron chi connectivity index (χ3n) is 4.01. The Morgan fingerprint density at radius 3 is 2.86 bits per heavy atom. The van der Waals surface area contributed by atoms with Crippen LogP contribution in [0.2, 0.25) is 0 Å². The van der Waals surface area contributed by atoms with Crippen molar-refractivity contribution in [1.82, 2.24) is 10.6 Å². The van der Waals surface area contributed by atoms with E-state index >= 15 is 0 Å². The van der Waals surface area contributed by atoms with E-state index < -0.39 is 0 Å². The van der Waals surface area contributed by atoms with Crippen molar-refractivity contribution in [3.8, 4) is 0 Å². The van der Waals surface area contributed by atoms with Gasteiger partial charge in [0, 0.05) is 19.2 Å². The average molecular weight is 290 g/mol. The molecule has 0 spiro atoms. The fourth-order valence-electron chi connectivity index (χ4n) is 2.63. The third kappa shape index (κ3) is 4.74. The molecule has 2 rings (SSSR count).